The van der Waals surface area contributed by atoms with Crippen molar-refractivity contribution in [1.29, 1.82) is 0 Å². The smallest absolute Gasteiger partial charge is 0.276 e. The van der Waals surface area contributed by atoms with Crippen LogP contribution in [0.1, 0.15) is 16.2 Å². The molecule has 78 valence electrons. The number of aromatic amines is 1. The predicted molar refractivity (Wildman–Crippen MR) is 57.8 cm³/mol. The van der Waals surface area contributed by atoms with Gasteiger partial charge in [0.25, 0.3) is 5.91 Å². The van der Waals surface area contributed by atoms with E-state index >= 15 is 0 Å². The molecule has 15 heavy (non-hydrogen) atoms. The summed E-state index contributed by atoms with van der Waals surface area (Å²) < 4.78 is 0. The summed E-state index contributed by atoms with van der Waals surface area (Å²) in [6.07, 6.45) is 0. The van der Waals surface area contributed by atoms with E-state index in [1.807, 2.05) is 0 Å². The van der Waals surface area contributed by atoms with Crippen molar-refractivity contribution >= 4 is 28.7 Å². The van der Waals surface area contributed by atoms with E-state index in [0.717, 1.165) is 5.69 Å². The molecular weight excluding hydrogens is 214 g/mol. The highest BCUT2D eigenvalue weighted by Gasteiger charge is 2.12. The number of aryl methyl sites for hydroxylation is 1. The summed E-state index contributed by atoms with van der Waals surface area (Å²) >= 11 is 1.36. The molecule has 0 saturated heterocycles. The van der Waals surface area contributed by atoms with Crippen LogP contribution in [0.3, 0.4) is 0 Å². The number of nitrogens with one attached hydrogen (secondary N) is 2. The van der Waals surface area contributed by atoms with Crippen LogP contribution >= 0.6 is 11.3 Å². The van der Waals surface area contributed by atoms with Crippen LogP contribution in [0.25, 0.3) is 0 Å². The van der Waals surface area contributed by atoms with E-state index in [-0.39, 0.29) is 5.91 Å². The van der Waals surface area contributed by atoms with Crippen LogP contribution in [0.4, 0.5) is 11.5 Å². The first-order valence-corrected chi connectivity index (χ1v) is 5.12. The molecule has 0 aliphatic rings. The fourth-order valence-electron chi connectivity index (χ4n) is 1.03. The van der Waals surface area contributed by atoms with Gasteiger partial charge >= 0.3 is 0 Å². The molecule has 2 rings (SSSR count). The minimum Gasteiger partial charge on any atom is -0.394 e. The van der Waals surface area contributed by atoms with Crippen LogP contribution in [0.15, 0.2) is 10.9 Å². The number of hydrogen-bond donors (Lipinski definition) is 3. The van der Waals surface area contributed by atoms with Crippen molar-refractivity contribution in [2.45, 2.75) is 6.92 Å². The molecule has 1 amide bonds. The van der Waals surface area contributed by atoms with Gasteiger partial charge in [0.05, 0.1) is 16.9 Å². The Morgan fingerprint density at radius 2 is 2.47 bits per heavy atom. The molecule has 2 aromatic rings. The van der Waals surface area contributed by atoms with E-state index in [1.54, 1.807) is 17.8 Å². The second-order valence-electron chi connectivity index (χ2n) is 2.94. The summed E-state index contributed by atoms with van der Waals surface area (Å²) in [5, 5.41) is 10.8. The third-order valence-corrected chi connectivity index (χ3v) is 2.48. The topological polar surface area (TPSA) is 96.7 Å². The highest BCUT2D eigenvalue weighted by molar-refractivity contribution is 7.07. The Bertz CT molecular complexity index is 475. The maximum atomic E-state index is 11.6. The number of amides is 1. The van der Waals surface area contributed by atoms with Crippen LogP contribution in [0, 0.1) is 6.92 Å². The predicted octanol–water partition coefficient (Wildman–Crippen LogP) is 1.01. The number of H-pyrrole nitrogens is 1. The lowest BCUT2D eigenvalue weighted by Gasteiger charge is -1.99. The minimum absolute atomic E-state index is 0.311. The first kappa shape index (κ1) is 9.66. The summed E-state index contributed by atoms with van der Waals surface area (Å²) in [7, 11) is 0. The maximum Gasteiger partial charge on any atom is 0.276 e. The molecule has 0 radical (unpaired) electrons. The molecule has 0 unspecified atom stereocenters. The Morgan fingerprint density at radius 3 is 3.00 bits per heavy atom. The Morgan fingerprint density at radius 1 is 1.67 bits per heavy atom. The van der Waals surface area contributed by atoms with Crippen molar-refractivity contribution in [1.82, 2.24) is 15.2 Å². The number of carbonyl (C=O) groups is 1. The van der Waals surface area contributed by atoms with Crippen molar-refractivity contribution in [3.8, 4) is 0 Å². The van der Waals surface area contributed by atoms with E-state index < -0.39 is 0 Å². The van der Waals surface area contributed by atoms with Gasteiger partial charge in [-0.25, -0.2) is 4.98 Å². The van der Waals surface area contributed by atoms with Crippen LogP contribution in [-0.4, -0.2) is 21.1 Å². The number of rotatable bonds is 2. The number of anilines is 2. The number of carbonyl (C=O) groups excluding carboxylic acids is 1. The Hall–Kier alpha value is -1.89. The molecular formula is C8H9N5OS. The molecule has 0 spiro atoms. The number of nitrogen functional groups attached to an aromatic ring is 1. The average Bonchev–Trinajstić information content (AvgIpc) is 2.83. The lowest BCUT2D eigenvalue weighted by Crippen LogP contribution is -2.13. The second-order valence-corrected chi connectivity index (χ2v) is 3.66. The van der Waals surface area contributed by atoms with Crippen LogP contribution in [0.5, 0.6) is 0 Å². The summed E-state index contributed by atoms with van der Waals surface area (Å²) in [4.78, 5) is 15.4. The highest BCUT2D eigenvalue weighted by Crippen LogP contribution is 2.18. The van der Waals surface area contributed by atoms with Crippen LogP contribution in [0.2, 0.25) is 0 Å². The molecule has 0 aliphatic carbocycles. The molecule has 0 bridgehead atoms. The van der Waals surface area contributed by atoms with Gasteiger partial charge in [-0.15, -0.1) is 11.3 Å². The Balaban J connectivity index is 2.16. The maximum absolute atomic E-state index is 11.6. The summed E-state index contributed by atoms with van der Waals surface area (Å²) in [6, 6.07) is 0. The van der Waals surface area contributed by atoms with Gasteiger partial charge in [-0.3, -0.25) is 9.89 Å². The molecule has 4 N–H and O–H groups in total. The molecule has 2 heterocycles. The quantitative estimate of drug-likeness (QED) is 0.707. The fourth-order valence-corrected chi connectivity index (χ4v) is 1.56. The lowest BCUT2D eigenvalue weighted by atomic mass is 10.4. The number of nitrogens with zero attached hydrogens (tertiary/aromatic N) is 2. The lowest BCUT2D eigenvalue weighted by molar-refractivity contribution is 0.102. The molecule has 0 fully saturated rings. The van der Waals surface area contributed by atoms with Gasteiger partial charge in [0.2, 0.25) is 0 Å². The molecule has 0 saturated carbocycles. The number of thiazole rings is 1. The number of nitrogens with two attached hydrogens (primary N) is 1. The van der Waals surface area contributed by atoms with Gasteiger partial charge in [-0.2, -0.15) is 5.10 Å². The normalized spacial score (nSPS) is 10.2. The SMILES string of the molecule is Cc1[nH]nc(NC(=O)c2cscn2)c1N. The molecule has 0 atom stereocenters. The molecule has 0 aromatic carbocycles. The van der Waals surface area contributed by atoms with Gasteiger partial charge < -0.3 is 11.1 Å². The van der Waals surface area contributed by atoms with E-state index in [2.05, 4.69) is 20.5 Å². The van der Waals surface area contributed by atoms with Gasteiger partial charge in [-0.05, 0) is 6.92 Å². The summed E-state index contributed by atoms with van der Waals surface area (Å²) in [5.74, 6) is 0.0277. The third-order valence-electron chi connectivity index (χ3n) is 1.89. The van der Waals surface area contributed by atoms with E-state index in [9.17, 15) is 4.79 Å². The second kappa shape index (κ2) is 3.70. The minimum atomic E-state index is -0.311. The van der Waals surface area contributed by atoms with E-state index in [0.29, 0.717) is 17.2 Å². The zero-order valence-electron chi connectivity index (χ0n) is 7.94. The van der Waals surface area contributed by atoms with Crippen LogP contribution in [-0.2, 0) is 0 Å². The fraction of sp³-hybridized carbons (Fsp3) is 0.125. The first-order valence-electron chi connectivity index (χ1n) is 4.18. The zero-order chi connectivity index (χ0) is 10.8. The molecule has 6 nitrogen and oxygen atoms in total. The Kier molecular flexibility index (Phi) is 2.38. The van der Waals surface area contributed by atoms with Crippen LogP contribution < -0.4 is 11.1 Å². The molecule has 0 aliphatic heterocycles. The summed E-state index contributed by atoms with van der Waals surface area (Å²) in [5.41, 5.74) is 8.80. The average molecular weight is 223 g/mol. The van der Waals surface area contributed by atoms with E-state index in [4.69, 9.17) is 5.73 Å². The van der Waals surface area contributed by atoms with E-state index in [1.165, 1.54) is 11.3 Å². The number of aromatic nitrogens is 3. The zero-order valence-corrected chi connectivity index (χ0v) is 8.76. The van der Waals surface area contributed by atoms with Crippen molar-refractivity contribution in [3.63, 3.8) is 0 Å². The van der Waals surface area contributed by atoms with Gasteiger partial charge in [0, 0.05) is 5.38 Å². The largest absolute Gasteiger partial charge is 0.394 e. The first-order chi connectivity index (χ1) is 7.18. The number of hydrogen-bond acceptors (Lipinski definition) is 5. The standard InChI is InChI=1S/C8H9N5OS/c1-4-6(9)7(13-12-4)11-8(14)5-2-15-3-10-5/h2-3H,9H2,1H3,(H2,11,12,13,14). The monoisotopic (exact) mass is 223 g/mol. The summed E-state index contributed by atoms with van der Waals surface area (Å²) in [6.45, 7) is 1.78. The van der Waals surface area contributed by atoms with Gasteiger partial charge in [-0.1, -0.05) is 0 Å². The van der Waals surface area contributed by atoms with Crippen molar-refractivity contribution in [2.75, 3.05) is 11.1 Å². The third kappa shape index (κ3) is 1.82. The van der Waals surface area contributed by atoms with Crippen molar-refractivity contribution in [3.05, 3.63) is 22.3 Å². The van der Waals surface area contributed by atoms with Crippen molar-refractivity contribution in [2.24, 2.45) is 0 Å². The molecule has 2 aromatic heterocycles. The highest BCUT2D eigenvalue weighted by atomic mass is 32.1. The Labute approximate surface area is 89.5 Å². The molecule has 7 heteroatoms. The van der Waals surface area contributed by atoms with Gasteiger partial charge in [0.1, 0.15) is 5.69 Å². The van der Waals surface area contributed by atoms with Crippen molar-refractivity contribution < 1.29 is 4.79 Å². The van der Waals surface area contributed by atoms with Gasteiger partial charge in [0.15, 0.2) is 5.82 Å².